The van der Waals surface area contributed by atoms with Crippen molar-refractivity contribution in [2.45, 2.75) is 33.1 Å². The van der Waals surface area contributed by atoms with E-state index in [4.69, 9.17) is 0 Å². The molecule has 0 saturated carbocycles. The van der Waals surface area contributed by atoms with Crippen molar-refractivity contribution in [1.82, 2.24) is 0 Å². The van der Waals surface area contributed by atoms with E-state index >= 15 is 0 Å². The van der Waals surface area contributed by atoms with Crippen molar-refractivity contribution < 1.29 is 0 Å². The highest BCUT2D eigenvalue weighted by atomic mass is 14.0. The normalized spacial score (nSPS) is 13.8. The van der Waals surface area contributed by atoms with Gasteiger partial charge in [-0.05, 0) is 12.3 Å². The maximum atomic E-state index is 3.63. The van der Waals surface area contributed by atoms with E-state index < -0.39 is 0 Å². The van der Waals surface area contributed by atoms with Gasteiger partial charge in [0.1, 0.15) is 0 Å². The van der Waals surface area contributed by atoms with E-state index in [1.54, 1.807) is 0 Å². The lowest BCUT2D eigenvalue weighted by atomic mass is 10.0. The molecule has 0 heterocycles. The number of allylic oxidation sites excluding steroid dienone is 3. The molecular formula is C10H18. The van der Waals surface area contributed by atoms with Crippen LogP contribution < -0.4 is 0 Å². The quantitative estimate of drug-likeness (QED) is 0.510. The third-order valence-corrected chi connectivity index (χ3v) is 1.59. The molecule has 1 atom stereocenters. The first-order valence-electron chi connectivity index (χ1n) is 4.10. The van der Waals surface area contributed by atoms with Crippen LogP contribution in [-0.4, -0.2) is 0 Å². The van der Waals surface area contributed by atoms with Crippen LogP contribution in [0.3, 0.4) is 0 Å². The molecule has 0 bridgehead atoms. The Hall–Kier alpha value is -0.520. The summed E-state index contributed by atoms with van der Waals surface area (Å²) in [5.74, 6) is 0.720. The average molecular weight is 138 g/mol. The van der Waals surface area contributed by atoms with Crippen molar-refractivity contribution >= 4 is 0 Å². The first-order valence-corrected chi connectivity index (χ1v) is 4.10. The van der Waals surface area contributed by atoms with Gasteiger partial charge in [0.25, 0.3) is 0 Å². The zero-order valence-electron chi connectivity index (χ0n) is 7.14. The van der Waals surface area contributed by atoms with Gasteiger partial charge in [0.2, 0.25) is 0 Å². The van der Waals surface area contributed by atoms with Gasteiger partial charge < -0.3 is 0 Å². The predicted molar refractivity (Wildman–Crippen MR) is 48.0 cm³/mol. The summed E-state index contributed by atoms with van der Waals surface area (Å²) < 4.78 is 0. The Bertz CT molecular complexity index is 101. The van der Waals surface area contributed by atoms with Gasteiger partial charge >= 0.3 is 0 Å². The highest BCUT2D eigenvalue weighted by Crippen LogP contribution is 2.08. The Labute approximate surface area is 64.6 Å². The molecular weight excluding hydrogens is 120 g/mol. The Morgan fingerprint density at radius 1 is 1.50 bits per heavy atom. The molecule has 0 aromatic carbocycles. The van der Waals surface area contributed by atoms with E-state index in [9.17, 15) is 0 Å². The lowest BCUT2D eigenvalue weighted by molar-refractivity contribution is 0.598. The summed E-state index contributed by atoms with van der Waals surface area (Å²) in [6.45, 7) is 8.10. The molecule has 0 amide bonds. The van der Waals surface area contributed by atoms with Crippen LogP contribution in [-0.2, 0) is 0 Å². The SMILES string of the molecule is C=C/C=C/C(C)CCCC. The van der Waals surface area contributed by atoms with Crippen LogP contribution >= 0.6 is 0 Å². The Morgan fingerprint density at radius 2 is 2.20 bits per heavy atom. The van der Waals surface area contributed by atoms with Crippen LogP contribution in [0.15, 0.2) is 24.8 Å². The lowest BCUT2D eigenvalue weighted by Gasteiger charge is -2.02. The first-order chi connectivity index (χ1) is 4.81. The summed E-state index contributed by atoms with van der Waals surface area (Å²) in [6, 6.07) is 0. The molecule has 0 nitrogen and oxygen atoms in total. The smallest absolute Gasteiger partial charge is 0.0259 e. The second-order valence-corrected chi connectivity index (χ2v) is 2.74. The number of hydrogen-bond acceptors (Lipinski definition) is 0. The number of rotatable bonds is 5. The topological polar surface area (TPSA) is 0 Å². The molecule has 58 valence electrons. The summed E-state index contributed by atoms with van der Waals surface area (Å²) >= 11 is 0. The molecule has 0 spiro atoms. The summed E-state index contributed by atoms with van der Waals surface area (Å²) in [5, 5.41) is 0. The van der Waals surface area contributed by atoms with Gasteiger partial charge in [-0.1, -0.05) is 51.5 Å². The molecule has 0 saturated heterocycles. The lowest BCUT2D eigenvalue weighted by Crippen LogP contribution is -1.87. The van der Waals surface area contributed by atoms with Crippen LogP contribution in [0.4, 0.5) is 0 Å². The van der Waals surface area contributed by atoms with E-state index in [1.807, 2.05) is 12.2 Å². The molecule has 0 N–H and O–H groups in total. The maximum Gasteiger partial charge on any atom is -0.0259 e. The van der Waals surface area contributed by atoms with Gasteiger partial charge in [0.05, 0.1) is 0 Å². The fourth-order valence-electron chi connectivity index (χ4n) is 0.891. The van der Waals surface area contributed by atoms with E-state index in [0.29, 0.717) is 0 Å². The van der Waals surface area contributed by atoms with Gasteiger partial charge in [0, 0.05) is 0 Å². The standard InChI is InChI=1S/C10H18/c1-4-6-8-10(3)9-7-5-2/h4,6,8,10H,1,5,7,9H2,2-3H3/b8-6+. The molecule has 1 unspecified atom stereocenters. The van der Waals surface area contributed by atoms with Crippen molar-refractivity contribution in [3.63, 3.8) is 0 Å². The van der Waals surface area contributed by atoms with Crippen molar-refractivity contribution in [2.75, 3.05) is 0 Å². The second kappa shape index (κ2) is 6.60. The molecule has 0 aromatic heterocycles. The van der Waals surface area contributed by atoms with E-state index in [-0.39, 0.29) is 0 Å². The van der Waals surface area contributed by atoms with E-state index in [1.165, 1.54) is 19.3 Å². The number of unbranched alkanes of at least 4 members (excludes halogenated alkanes) is 1. The molecule has 0 heteroatoms. The minimum absolute atomic E-state index is 0.720. The fourth-order valence-corrected chi connectivity index (χ4v) is 0.891. The van der Waals surface area contributed by atoms with Crippen LogP contribution in [0.25, 0.3) is 0 Å². The zero-order valence-corrected chi connectivity index (χ0v) is 7.14. The van der Waals surface area contributed by atoms with Crippen LogP contribution in [0.5, 0.6) is 0 Å². The largest absolute Gasteiger partial charge is 0.0991 e. The third kappa shape index (κ3) is 5.61. The van der Waals surface area contributed by atoms with Crippen molar-refractivity contribution in [3.05, 3.63) is 24.8 Å². The summed E-state index contributed by atoms with van der Waals surface area (Å²) in [5.41, 5.74) is 0. The van der Waals surface area contributed by atoms with Gasteiger partial charge in [-0.2, -0.15) is 0 Å². The van der Waals surface area contributed by atoms with Crippen molar-refractivity contribution in [1.29, 1.82) is 0 Å². The monoisotopic (exact) mass is 138 g/mol. The minimum atomic E-state index is 0.720. The zero-order chi connectivity index (χ0) is 7.82. The van der Waals surface area contributed by atoms with E-state index in [0.717, 1.165) is 5.92 Å². The molecule has 0 fully saturated rings. The Kier molecular flexibility index (Phi) is 6.25. The van der Waals surface area contributed by atoms with Crippen LogP contribution in [0, 0.1) is 5.92 Å². The Morgan fingerprint density at radius 3 is 2.70 bits per heavy atom. The van der Waals surface area contributed by atoms with Crippen molar-refractivity contribution in [2.24, 2.45) is 5.92 Å². The predicted octanol–water partition coefficient (Wildman–Crippen LogP) is 3.55. The molecule has 0 aliphatic heterocycles. The first kappa shape index (κ1) is 9.48. The highest BCUT2D eigenvalue weighted by molar-refractivity contribution is 4.98. The summed E-state index contributed by atoms with van der Waals surface area (Å²) in [4.78, 5) is 0. The molecule has 0 rings (SSSR count). The van der Waals surface area contributed by atoms with Gasteiger partial charge in [-0.15, -0.1) is 0 Å². The Balaban J connectivity index is 3.32. The van der Waals surface area contributed by atoms with Crippen LogP contribution in [0.2, 0.25) is 0 Å². The van der Waals surface area contributed by atoms with Gasteiger partial charge in [0.15, 0.2) is 0 Å². The maximum absolute atomic E-state index is 3.63. The third-order valence-electron chi connectivity index (χ3n) is 1.59. The minimum Gasteiger partial charge on any atom is -0.0991 e. The number of hydrogen-bond donors (Lipinski definition) is 0. The molecule has 0 aromatic rings. The van der Waals surface area contributed by atoms with Gasteiger partial charge in [-0.25, -0.2) is 0 Å². The average Bonchev–Trinajstić information content (AvgIpc) is 1.97. The molecule has 0 aliphatic carbocycles. The van der Waals surface area contributed by atoms with E-state index in [2.05, 4.69) is 26.5 Å². The molecule has 0 aliphatic rings. The van der Waals surface area contributed by atoms with Crippen molar-refractivity contribution in [3.8, 4) is 0 Å². The second-order valence-electron chi connectivity index (χ2n) is 2.74. The highest BCUT2D eigenvalue weighted by Gasteiger charge is 1.93. The van der Waals surface area contributed by atoms with Crippen LogP contribution in [0.1, 0.15) is 33.1 Å². The molecule has 10 heavy (non-hydrogen) atoms. The summed E-state index contributed by atoms with van der Waals surface area (Å²) in [7, 11) is 0. The summed E-state index contributed by atoms with van der Waals surface area (Å²) in [6.07, 6.45) is 10.0. The van der Waals surface area contributed by atoms with Gasteiger partial charge in [-0.3, -0.25) is 0 Å². The fraction of sp³-hybridized carbons (Fsp3) is 0.600. The molecule has 0 radical (unpaired) electrons.